The Hall–Kier alpha value is -3.68. The molecule has 0 aliphatic carbocycles. The molecule has 2 aromatic carbocycles. The van der Waals surface area contributed by atoms with Crippen molar-refractivity contribution in [3.63, 3.8) is 0 Å². The lowest BCUT2D eigenvalue weighted by molar-refractivity contribution is -0.384. The number of H-pyrrole nitrogens is 1. The zero-order valence-electron chi connectivity index (χ0n) is 13.8. The molecule has 0 spiro atoms. The van der Waals surface area contributed by atoms with Gasteiger partial charge in [-0.1, -0.05) is 0 Å². The van der Waals surface area contributed by atoms with E-state index in [0.717, 1.165) is 0 Å². The second-order valence-electron chi connectivity index (χ2n) is 5.38. The van der Waals surface area contributed by atoms with Crippen LogP contribution in [0.5, 0.6) is 5.75 Å². The summed E-state index contributed by atoms with van der Waals surface area (Å²) in [6.07, 6.45) is 0. The SMILES string of the molecule is CCOc1ccc(-c2[nH]c(-c3ccc([N+](=O)[O-])cc3)nc2C(=O)O)cc1. The molecule has 2 N–H and O–H groups in total. The number of nitro groups is 1. The van der Waals surface area contributed by atoms with E-state index in [4.69, 9.17) is 4.74 Å². The standard InChI is InChI=1S/C18H15N3O5/c1-2-26-14-9-5-11(6-10-14)15-16(18(22)23)20-17(19-15)12-3-7-13(8-4-12)21(24)25/h3-10H,2H2,1H3,(H,19,20)(H,22,23). The highest BCUT2D eigenvalue weighted by Crippen LogP contribution is 2.28. The van der Waals surface area contributed by atoms with Crippen LogP contribution in [0.25, 0.3) is 22.6 Å². The number of nitro benzene ring substituents is 1. The Kier molecular flexibility index (Phi) is 4.66. The van der Waals surface area contributed by atoms with E-state index in [1.807, 2.05) is 6.92 Å². The third-order valence-electron chi connectivity index (χ3n) is 3.71. The number of hydrogen-bond acceptors (Lipinski definition) is 5. The van der Waals surface area contributed by atoms with E-state index in [1.54, 1.807) is 24.3 Å². The van der Waals surface area contributed by atoms with E-state index in [2.05, 4.69) is 9.97 Å². The van der Waals surface area contributed by atoms with Crippen molar-refractivity contribution in [2.45, 2.75) is 6.92 Å². The molecule has 0 atom stereocenters. The first kappa shape index (κ1) is 17.2. The molecule has 0 unspecified atom stereocenters. The highest BCUT2D eigenvalue weighted by molar-refractivity contribution is 5.94. The smallest absolute Gasteiger partial charge is 0.356 e. The molecule has 0 aliphatic heterocycles. The molecule has 0 saturated carbocycles. The predicted octanol–water partition coefficient (Wildman–Crippen LogP) is 3.75. The Morgan fingerprint density at radius 1 is 1.15 bits per heavy atom. The molecule has 132 valence electrons. The molecule has 1 aromatic heterocycles. The van der Waals surface area contributed by atoms with Crippen LogP contribution in [-0.2, 0) is 0 Å². The summed E-state index contributed by atoms with van der Waals surface area (Å²) in [6.45, 7) is 2.41. The Morgan fingerprint density at radius 2 is 1.77 bits per heavy atom. The lowest BCUT2D eigenvalue weighted by Crippen LogP contribution is -1.99. The second kappa shape index (κ2) is 7.06. The Bertz CT molecular complexity index is 946. The fraction of sp³-hybridized carbons (Fsp3) is 0.111. The van der Waals surface area contributed by atoms with Gasteiger partial charge in [-0.15, -0.1) is 0 Å². The number of carboxylic acid groups (broad SMARTS) is 1. The van der Waals surface area contributed by atoms with Gasteiger partial charge in [-0.25, -0.2) is 9.78 Å². The van der Waals surface area contributed by atoms with E-state index in [9.17, 15) is 20.0 Å². The number of rotatable bonds is 6. The number of aromatic amines is 1. The van der Waals surface area contributed by atoms with Gasteiger partial charge in [0, 0.05) is 23.3 Å². The molecule has 8 heteroatoms. The molecule has 0 amide bonds. The number of carbonyl (C=O) groups is 1. The normalized spacial score (nSPS) is 10.5. The molecule has 26 heavy (non-hydrogen) atoms. The summed E-state index contributed by atoms with van der Waals surface area (Å²) in [4.78, 5) is 28.9. The molecular weight excluding hydrogens is 338 g/mol. The van der Waals surface area contributed by atoms with Crippen molar-refractivity contribution in [1.82, 2.24) is 9.97 Å². The van der Waals surface area contributed by atoms with Crippen LogP contribution in [0, 0.1) is 10.1 Å². The van der Waals surface area contributed by atoms with Gasteiger partial charge in [0.25, 0.3) is 5.69 Å². The number of aromatic carboxylic acids is 1. The molecule has 1 heterocycles. The minimum atomic E-state index is -1.17. The van der Waals surface area contributed by atoms with Crippen LogP contribution < -0.4 is 4.74 Å². The average molecular weight is 353 g/mol. The van der Waals surface area contributed by atoms with Crippen molar-refractivity contribution in [1.29, 1.82) is 0 Å². The summed E-state index contributed by atoms with van der Waals surface area (Å²) in [6, 6.07) is 12.7. The number of carboxylic acids is 1. The monoisotopic (exact) mass is 353 g/mol. The van der Waals surface area contributed by atoms with Crippen molar-refractivity contribution in [3.8, 4) is 28.4 Å². The lowest BCUT2D eigenvalue weighted by atomic mass is 10.1. The molecule has 8 nitrogen and oxygen atoms in total. The zero-order chi connectivity index (χ0) is 18.7. The van der Waals surface area contributed by atoms with Crippen LogP contribution in [0.15, 0.2) is 48.5 Å². The maximum absolute atomic E-state index is 11.6. The highest BCUT2D eigenvalue weighted by Gasteiger charge is 2.19. The zero-order valence-corrected chi connectivity index (χ0v) is 13.8. The van der Waals surface area contributed by atoms with Crippen LogP contribution in [0.2, 0.25) is 0 Å². The molecule has 0 fully saturated rings. The Labute approximate surface area is 148 Å². The first-order valence-electron chi connectivity index (χ1n) is 7.81. The third kappa shape index (κ3) is 3.39. The summed E-state index contributed by atoms with van der Waals surface area (Å²) in [5.74, 6) is -0.164. The predicted molar refractivity (Wildman–Crippen MR) is 94.2 cm³/mol. The van der Waals surface area contributed by atoms with Crippen LogP contribution in [0.4, 0.5) is 5.69 Å². The average Bonchev–Trinajstić information content (AvgIpc) is 3.08. The number of non-ortho nitro benzene ring substituents is 1. The molecule has 3 aromatic rings. The van der Waals surface area contributed by atoms with Gasteiger partial charge in [-0.05, 0) is 43.3 Å². The summed E-state index contributed by atoms with van der Waals surface area (Å²) in [5.41, 5.74) is 1.38. The maximum Gasteiger partial charge on any atom is 0.356 e. The molecule has 0 radical (unpaired) electrons. The molecule has 0 bridgehead atoms. The van der Waals surface area contributed by atoms with Gasteiger partial charge < -0.3 is 14.8 Å². The minimum absolute atomic E-state index is 0.0505. The largest absolute Gasteiger partial charge is 0.494 e. The number of hydrogen-bond donors (Lipinski definition) is 2. The van der Waals surface area contributed by atoms with Crippen LogP contribution in [-0.4, -0.2) is 32.6 Å². The number of ether oxygens (including phenoxy) is 1. The van der Waals surface area contributed by atoms with Gasteiger partial charge in [-0.3, -0.25) is 10.1 Å². The van der Waals surface area contributed by atoms with Gasteiger partial charge in [0.1, 0.15) is 11.6 Å². The van der Waals surface area contributed by atoms with Crippen LogP contribution in [0.3, 0.4) is 0 Å². The maximum atomic E-state index is 11.6. The molecular formula is C18H15N3O5. The van der Waals surface area contributed by atoms with Crippen molar-refractivity contribution in [3.05, 3.63) is 64.3 Å². The number of benzene rings is 2. The fourth-order valence-electron chi connectivity index (χ4n) is 2.50. The Balaban J connectivity index is 2.00. The Morgan fingerprint density at radius 3 is 2.31 bits per heavy atom. The quantitative estimate of drug-likeness (QED) is 0.514. The summed E-state index contributed by atoms with van der Waals surface area (Å²) in [5, 5.41) is 20.2. The van der Waals surface area contributed by atoms with Crippen molar-refractivity contribution in [2.24, 2.45) is 0 Å². The number of imidazole rings is 1. The minimum Gasteiger partial charge on any atom is -0.494 e. The van der Waals surface area contributed by atoms with Gasteiger partial charge in [0.05, 0.1) is 17.2 Å². The fourth-order valence-corrected chi connectivity index (χ4v) is 2.50. The molecule has 0 saturated heterocycles. The number of nitrogens with one attached hydrogen (secondary N) is 1. The third-order valence-corrected chi connectivity index (χ3v) is 3.71. The van der Waals surface area contributed by atoms with Crippen LogP contribution >= 0.6 is 0 Å². The molecule has 3 rings (SSSR count). The van der Waals surface area contributed by atoms with E-state index < -0.39 is 10.9 Å². The topological polar surface area (TPSA) is 118 Å². The van der Waals surface area contributed by atoms with E-state index in [0.29, 0.717) is 35.0 Å². The first-order chi connectivity index (χ1) is 12.5. The van der Waals surface area contributed by atoms with E-state index in [1.165, 1.54) is 24.3 Å². The van der Waals surface area contributed by atoms with Crippen molar-refractivity contribution >= 4 is 11.7 Å². The first-order valence-corrected chi connectivity index (χ1v) is 7.81. The van der Waals surface area contributed by atoms with E-state index >= 15 is 0 Å². The summed E-state index contributed by atoms with van der Waals surface area (Å²) in [7, 11) is 0. The van der Waals surface area contributed by atoms with Gasteiger partial charge >= 0.3 is 5.97 Å². The second-order valence-corrected chi connectivity index (χ2v) is 5.38. The van der Waals surface area contributed by atoms with Gasteiger partial charge in [-0.2, -0.15) is 0 Å². The number of nitrogens with zero attached hydrogens (tertiary/aromatic N) is 2. The van der Waals surface area contributed by atoms with Crippen LogP contribution in [0.1, 0.15) is 17.4 Å². The van der Waals surface area contributed by atoms with Crippen molar-refractivity contribution < 1.29 is 19.6 Å². The summed E-state index contributed by atoms with van der Waals surface area (Å²) < 4.78 is 5.38. The van der Waals surface area contributed by atoms with E-state index in [-0.39, 0.29) is 11.4 Å². The van der Waals surface area contributed by atoms with Crippen molar-refractivity contribution in [2.75, 3.05) is 6.61 Å². The van der Waals surface area contributed by atoms with Gasteiger partial charge in [0.2, 0.25) is 0 Å². The highest BCUT2D eigenvalue weighted by atomic mass is 16.6. The molecule has 0 aliphatic rings. The van der Waals surface area contributed by atoms with Gasteiger partial charge in [0.15, 0.2) is 5.69 Å². The number of aromatic nitrogens is 2. The summed E-state index contributed by atoms with van der Waals surface area (Å²) >= 11 is 0. The lowest BCUT2D eigenvalue weighted by Gasteiger charge is -2.04.